The molecule has 0 aromatic carbocycles. The summed E-state index contributed by atoms with van der Waals surface area (Å²) in [4.78, 5) is 73.2. The van der Waals surface area contributed by atoms with Gasteiger partial charge < -0.3 is 33.8 Å². The highest BCUT2D eigenvalue weighted by Gasteiger charge is 2.30. The number of carbonyl (C=O) groups is 4. The summed E-state index contributed by atoms with van der Waals surface area (Å²) >= 11 is 0. The molecule has 0 aliphatic carbocycles. The van der Waals surface area contributed by atoms with Gasteiger partial charge >= 0.3 is 39.5 Å². The van der Waals surface area contributed by atoms with Crippen LogP contribution in [0.15, 0.2) is 60.8 Å². The minimum absolute atomic E-state index is 0.0245. The number of carbonyl (C=O) groups excluding carboxylic acids is 4. The summed E-state index contributed by atoms with van der Waals surface area (Å²) in [5.74, 6) is -2.20. The average Bonchev–Trinajstić information content (AvgIpc) is 0.902. The maximum atomic E-state index is 13.1. The summed E-state index contributed by atoms with van der Waals surface area (Å²) in [7, 11) is -9.97. The van der Waals surface area contributed by atoms with Gasteiger partial charge in [-0.1, -0.05) is 358 Å². The van der Waals surface area contributed by atoms with Crippen LogP contribution in [0.3, 0.4) is 0 Å². The van der Waals surface area contributed by atoms with Gasteiger partial charge in [-0.3, -0.25) is 37.3 Å². The molecule has 106 heavy (non-hydrogen) atoms. The standard InChI is InChI=1S/C87H160O17P2/c1-5-9-13-17-21-25-29-33-37-40-44-47-51-55-59-63-67-71-84(89)97-77-82(103-86(91)73-69-65-61-57-53-49-43-36-32-28-24-20-16-12-8-4)79-101-105(93,94)99-75-81(88)76-100-106(95,96)102-80-83(104-87(92)74-70-66-62-58-54-50-46-42-39-35-31-27-23-19-15-11-7-3)78-98-85(90)72-68-64-60-56-52-48-45-41-38-34-30-26-22-18-14-10-6-2/h23,27,35-36,39,43,46,50,58,62,81-83,88H,5-22,24-26,28-34,37-38,40-42,44-45,47-49,51-57,59-61,63-80H2,1-4H3,(H,93,94)(H,95,96)/b27-23-,39-35-,43-36-,50-46-,62-58-/t81-,82-,83-/m1/s1. The van der Waals surface area contributed by atoms with E-state index < -0.39 is 97.5 Å². The number of esters is 4. The van der Waals surface area contributed by atoms with Crippen LogP contribution in [-0.4, -0.2) is 96.7 Å². The summed E-state index contributed by atoms with van der Waals surface area (Å²) in [5, 5.41) is 10.7. The first kappa shape index (κ1) is 103. The SMILES string of the molecule is CCCCC/C=C\C/C=C\C/C=C\C/C=C\CCCC(=O)O[C@H](COC(=O)CCCCCCCCCCCCCCCCCCC)COP(=O)(O)OC[C@H](O)COP(=O)(O)OC[C@@H](COC(=O)CCCCCCCCCCCCCCCCCCC)OC(=O)CCCCCCC/C=C\CCCCCCCC. The Morgan fingerprint density at radius 3 is 0.774 bits per heavy atom. The van der Waals surface area contributed by atoms with Crippen molar-refractivity contribution < 1.29 is 80.2 Å². The lowest BCUT2D eigenvalue weighted by Crippen LogP contribution is -2.30. The lowest BCUT2D eigenvalue weighted by Gasteiger charge is -2.21. The second kappa shape index (κ2) is 79.8. The molecule has 0 saturated carbocycles. The zero-order valence-corrected chi connectivity index (χ0v) is 69.9. The number of aliphatic hydroxyl groups excluding tert-OH is 1. The first-order valence-electron chi connectivity index (χ1n) is 43.5. The molecular weight excluding hydrogens is 1380 g/mol. The van der Waals surface area contributed by atoms with Crippen molar-refractivity contribution in [2.45, 2.75) is 431 Å². The summed E-state index contributed by atoms with van der Waals surface area (Å²) < 4.78 is 68.8. The molecule has 5 atom stereocenters. The second-order valence-corrected chi connectivity index (χ2v) is 32.4. The van der Waals surface area contributed by atoms with Gasteiger partial charge in [-0.2, -0.15) is 0 Å². The molecule has 620 valence electrons. The van der Waals surface area contributed by atoms with E-state index in [1.54, 1.807) is 0 Å². The van der Waals surface area contributed by atoms with Crippen LogP contribution < -0.4 is 0 Å². The summed E-state index contributed by atoms with van der Waals surface area (Å²) in [6, 6.07) is 0. The van der Waals surface area contributed by atoms with E-state index in [1.165, 1.54) is 225 Å². The quantitative estimate of drug-likeness (QED) is 0.0169. The minimum Gasteiger partial charge on any atom is -0.462 e. The third-order valence-electron chi connectivity index (χ3n) is 19.0. The Labute approximate surface area is 648 Å². The van der Waals surface area contributed by atoms with E-state index in [-0.39, 0.29) is 25.7 Å². The van der Waals surface area contributed by atoms with Crippen molar-refractivity contribution in [1.29, 1.82) is 0 Å². The predicted molar refractivity (Wildman–Crippen MR) is 437 cm³/mol. The lowest BCUT2D eigenvalue weighted by molar-refractivity contribution is -0.161. The number of phosphoric ester groups is 2. The number of ether oxygens (including phenoxy) is 4. The normalized spacial score (nSPS) is 14.1. The van der Waals surface area contributed by atoms with Crippen molar-refractivity contribution in [2.75, 3.05) is 39.6 Å². The molecule has 0 aliphatic rings. The Morgan fingerprint density at radius 2 is 0.472 bits per heavy atom. The van der Waals surface area contributed by atoms with Gasteiger partial charge in [0, 0.05) is 25.7 Å². The highest BCUT2D eigenvalue weighted by Crippen LogP contribution is 2.45. The molecule has 3 N–H and O–H groups in total. The number of unbranched alkanes of at least 4 members (excludes halogenated alkanes) is 47. The average molecular weight is 1540 g/mol. The highest BCUT2D eigenvalue weighted by atomic mass is 31.2. The maximum absolute atomic E-state index is 13.1. The number of phosphoric acid groups is 2. The lowest BCUT2D eigenvalue weighted by atomic mass is 10.0. The number of hydrogen-bond acceptors (Lipinski definition) is 15. The second-order valence-electron chi connectivity index (χ2n) is 29.5. The van der Waals surface area contributed by atoms with E-state index in [2.05, 4.69) is 76.3 Å². The number of hydrogen-bond donors (Lipinski definition) is 3. The van der Waals surface area contributed by atoms with Gasteiger partial charge in [0.25, 0.3) is 0 Å². The summed E-state index contributed by atoms with van der Waals surface area (Å²) in [6.45, 7) is 4.89. The van der Waals surface area contributed by atoms with Crippen LogP contribution in [-0.2, 0) is 65.4 Å². The predicted octanol–water partition coefficient (Wildman–Crippen LogP) is 25.8. The molecule has 2 unspecified atom stereocenters. The van der Waals surface area contributed by atoms with Gasteiger partial charge in [0.15, 0.2) is 12.2 Å². The van der Waals surface area contributed by atoms with Crippen molar-refractivity contribution >= 4 is 39.5 Å². The van der Waals surface area contributed by atoms with E-state index >= 15 is 0 Å². The summed E-state index contributed by atoms with van der Waals surface area (Å²) in [6.07, 6.45) is 81.9. The van der Waals surface area contributed by atoms with Crippen LogP contribution in [0.1, 0.15) is 413 Å². The Kier molecular flexibility index (Phi) is 77.4. The molecule has 0 aromatic rings. The fraction of sp³-hybridized carbons (Fsp3) is 0.839. The minimum atomic E-state index is -4.99. The molecule has 0 spiro atoms. The van der Waals surface area contributed by atoms with Crippen molar-refractivity contribution in [3.63, 3.8) is 0 Å². The Bertz CT molecular complexity index is 2240. The molecule has 0 radical (unpaired) electrons. The van der Waals surface area contributed by atoms with E-state index in [9.17, 15) is 43.2 Å². The van der Waals surface area contributed by atoms with Gasteiger partial charge in [0.1, 0.15) is 19.3 Å². The van der Waals surface area contributed by atoms with Crippen LogP contribution in [0.25, 0.3) is 0 Å². The molecule has 0 bridgehead atoms. The molecular formula is C87H160O17P2. The first-order chi connectivity index (χ1) is 51.7. The fourth-order valence-corrected chi connectivity index (χ4v) is 13.9. The molecule has 0 heterocycles. The Morgan fingerprint density at radius 1 is 0.264 bits per heavy atom. The molecule has 17 nitrogen and oxygen atoms in total. The number of rotatable bonds is 83. The number of aliphatic hydroxyl groups is 1. The van der Waals surface area contributed by atoms with E-state index in [0.717, 1.165) is 103 Å². The van der Waals surface area contributed by atoms with E-state index in [4.69, 9.17) is 37.0 Å². The van der Waals surface area contributed by atoms with Gasteiger partial charge in [-0.25, -0.2) is 9.13 Å². The smallest absolute Gasteiger partial charge is 0.462 e. The van der Waals surface area contributed by atoms with Crippen molar-refractivity contribution in [2.24, 2.45) is 0 Å². The molecule has 0 amide bonds. The van der Waals surface area contributed by atoms with Crippen molar-refractivity contribution in [3.05, 3.63) is 60.8 Å². The zero-order chi connectivity index (χ0) is 77.4. The molecule has 0 aromatic heterocycles. The topological polar surface area (TPSA) is 237 Å². The molecule has 19 heteroatoms. The molecule has 0 rings (SSSR count). The first-order valence-corrected chi connectivity index (χ1v) is 46.5. The fourth-order valence-electron chi connectivity index (χ4n) is 12.3. The van der Waals surface area contributed by atoms with Gasteiger partial charge in [-0.05, 0) is 89.9 Å². The van der Waals surface area contributed by atoms with E-state index in [1.807, 2.05) is 12.2 Å². The van der Waals surface area contributed by atoms with Gasteiger partial charge in [0.2, 0.25) is 0 Å². The summed E-state index contributed by atoms with van der Waals surface area (Å²) in [5.41, 5.74) is 0. The van der Waals surface area contributed by atoms with Gasteiger partial charge in [-0.15, -0.1) is 0 Å². The van der Waals surface area contributed by atoms with Gasteiger partial charge in [0.05, 0.1) is 26.4 Å². The van der Waals surface area contributed by atoms with Crippen LogP contribution in [0.4, 0.5) is 0 Å². The highest BCUT2D eigenvalue weighted by molar-refractivity contribution is 7.47. The zero-order valence-electron chi connectivity index (χ0n) is 68.1. The third kappa shape index (κ3) is 78.9. The van der Waals surface area contributed by atoms with Crippen LogP contribution in [0.2, 0.25) is 0 Å². The maximum Gasteiger partial charge on any atom is 0.472 e. The molecule has 0 aliphatic heterocycles. The van der Waals surface area contributed by atoms with Crippen LogP contribution >= 0.6 is 15.6 Å². The van der Waals surface area contributed by atoms with Crippen molar-refractivity contribution in [1.82, 2.24) is 0 Å². The molecule has 0 fully saturated rings. The Balaban J connectivity index is 5.37. The third-order valence-corrected chi connectivity index (χ3v) is 20.9. The van der Waals surface area contributed by atoms with E-state index in [0.29, 0.717) is 32.1 Å². The van der Waals surface area contributed by atoms with Crippen LogP contribution in [0.5, 0.6) is 0 Å². The molecule has 0 saturated heterocycles. The monoisotopic (exact) mass is 1540 g/mol. The number of allylic oxidation sites excluding steroid dienone is 10. The Hall–Kier alpha value is -3.24. The largest absolute Gasteiger partial charge is 0.472 e. The van der Waals surface area contributed by atoms with Crippen molar-refractivity contribution in [3.8, 4) is 0 Å². The van der Waals surface area contributed by atoms with Crippen LogP contribution in [0, 0.1) is 0 Å².